The van der Waals surface area contributed by atoms with Crippen LogP contribution in [-0.2, 0) is 6.54 Å². The zero-order chi connectivity index (χ0) is 15.0. The van der Waals surface area contributed by atoms with Gasteiger partial charge in [-0.05, 0) is 41.1 Å². The van der Waals surface area contributed by atoms with Gasteiger partial charge in [0.2, 0.25) is 10.7 Å². The van der Waals surface area contributed by atoms with Crippen molar-refractivity contribution >= 4 is 38.3 Å². The molecule has 108 valence electrons. The highest BCUT2D eigenvalue weighted by atomic mass is 79.9. The third-order valence-electron chi connectivity index (χ3n) is 3.05. The lowest BCUT2D eigenvalue weighted by molar-refractivity contribution is 0.633. The summed E-state index contributed by atoms with van der Waals surface area (Å²) < 4.78 is 15.9. The van der Waals surface area contributed by atoms with Crippen molar-refractivity contribution in [3.05, 3.63) is 45.3 Å². The summed E-state index contributed by atoms with van der Waals surface area (Å²) in [5.41, 5.74) is 0.305. The number of benzene rings is 1. The third kappa shape index (κ3) is 2.54. The van der Waals surface area contributed by atoms with Crippen LogP contribution in [0.25, 0.3) is 10.8 Å². The Labute approximate surface area is 127 Å². The van der Waals surface area contributed by atoms with E-state index in [2.05, 4.69) is 36.3 Å². The number of hydrogen-bond acceptors (Lipinski definition) is 4. The van der Waals surface area contributed by atoms with Gasteiger partial charge >= 0.3 is 0 Å². The van der Waals surface area contributed by atoms with Gasteiger partial charge in [0.1, 0.15) is 5.82 Å². The van der Waals surface area contributed by atoms with Crippen LogP contribution in [0.15, 0.2) is 33.9 Å². The highest BCUT2D eigenvalue weighted by Gasteiger charge is 2.09. The van der Waals surface area contributed by atoms with E-state index in [0.717, 1.165) is 6.20 Å². The van der Waals surface area contributed by atoms with Crippen molar-refractivity contribution in [2.75, 3.05) is 5.32 Å². The molecule has 0 saturated carbocycles. The van der Waals surface area contributed by atoms with Gasteiger partial charge in [0.25, 0.3) is 5.56 Å². The molecule has 0 fully saturated rings. The Bertz CT molecular complexity index is 873. The van der Waals surface area contributed by atoms with Crippen molar-refractivity contribution in [1.29, 1.82) is 0 Å². The Morgan fingerprint density at radius 2 is 2.24 bits per heavy atom. The molecule has 21 heavy (non-hydrogen) atoms. The number of fused-ring (bicyclic) bond motifs is 1. The van der Waals surface area contributed by atoms with Gasteiger partial charge in [0.05, 0.1) is 5.39 Å². The molecule has 1 aromatic carbocycles. The second-order valence-corrected chi connectivity index (χ2v) is 5.08. The number of anilines is 2. The van der Waals surface area contributed by atoms with Crippen molar-refractivity contribution < 1.29 is 4.39 Å². The number of aromatic nitrogens is 4. The maximum atomic E-state index is 13.8. The molecule has 0 unspecified atom stereocenters. The minimum atomic E-state index is -0.480. The second kappa shape index (κ2) is 5.28. The predicted molar refractivity (Wildman–Crippen MR) is 81.2 cm³/mol. The number of pyridine rings is 1. The van der Waals surface area contributed by atoms with Crippen LogP contribution in [0.4, 0.5) is 16.0 Å². The molecule has 0 aliphatic carbocycles. The summed E-state index contributed by atoms with van der Waals surface area (Å²) in [7, 11) is 0. The Kier molecular flexibility index (Phi) is 3.46. The van der Waals surface area contributed by atoms with E-state index in [1.165, 1.54) is 0 Å². The molecule has 2 heterocycles. The Balaban J connectivity index is 2.05. The normalized spacial score (nSPS) is 11.0. The molecule has 0 atom stereocenters. The van der Waals surface area contributed by atoms with Gasteiger partial charge in [-0.1, -0.05) is 0 Å². The van der Waals surface area contributed by atoms with Gasteiger partial charge in [-0.3, -0.25) is 4.79 Å². The summed E-state index contributed by atoms with van der Waals surface area (Å²) in [4.78, 5) is 18.2. The van der Waals surface area contributed by atoms with E-state index >= 15 is 0 Å². The van der Waals surface area contributed by atoms with Crippen LogP contribution in [0, 0.1) is 5.82 Å². The van der Waals surface area contributed by atoms with Gasteiger partial charge in [-0.15, -0.1) is 5.10 Å². The number of H-pyrrole nitrogens is 1. The molecule has 0 aliphatic heterocycles. The number of nitrogens with zero attached hydrogens (tertiary/aromatic N) is 3. The second-order valence-electron chi connectivity index (χ2n) is 4.37. The molecular formula is C13H11BrFN5O. The lowest BCUT2D eigenvalue weighted by Gasteiger charge is -2.07. The van der Waals surface area contributed by atoms with Crippen LogP contribution < -0.4 is 10.9 Å². The Morgan fingerprint density at radius 3 is 3.00 bits per heavy atom. The quantitative estimate of drug-likeness (QED) is 0.760. The average molecular weight is 352 g/mol. The Morgan fingerprint density at radius 1 is 1.43 bits per heavy atom. The zero-order valence-corrected chi connectivity index (χ0v) is 12.6. The molecular weight excluding hydrogens is 341 g/mol. The van der Waals surface area contributed by atoms with Crippen molar-refractivity contribution in [2.24, 2.45) is 0 Å². The standard InChI is InChI=1S/C13H11BrFN5O/c1-2-20-13(18-12(14)19-20)17-7-3-4-8-9(5-7)10(15)6-16-11(8)21/h3-6H,2H2,1H3,(H,16,21)(H,17,18,19). The van der Waals surface area contributed by atoms with E-state index in [0.29, 0.717) is 28.3 Å². The summed E-state index contributed by atoms with van der Waals surface area (Å²) in [6.07, 6.45) is 1.06. The number of aromatic amines is 1. The smallest absolute Gasteiger partial charge is 0.256 e. The van der Waals surface area contributed by atoms with Crippen molar-refractivity contribution in [1.82, 2.24) is 19.7 Å². The number of hydrogen-bond donors (Lipinski definition) is 2. The number of nitrogens with one attached hydrogen (secondary N) is 2. The topological polar surface area (TPSA) is 75.6 Å². The summed E-state index contributed by atoms with van der Waals surface area (Å²) in [6, 6.07) is 4.84. The lowest BCUT2D eigenvalue weighted by Crippen LogP contribution is -2.07. The molecule has 8 heteroatoms. The summed E-state index contributed by atoms with van der Waals surface area (Å²) in [5.74, 6) is 0.0559. The largest absolute Gasteiger partial charge is 0.326 e. The predicted octanol–water partition coefficient (Wildman–Crippen LogP) is 2.78. The van der Waals surface area contributed by atoms with E-state index in [1.807, 2.05) is 6.92 Å². The molecule has 0 spiro atoms. The minimum Gasteiger partial charge on any atom is -0.326 e. The third-order valence-corrected chi connectivity index (χ3v) is 3.39. The molecule has 0 radical (unpaired) electrons. The van der Waals surface area contributed by atoms with Crippen molar-refractivity contribution in [2.45, 2.75) is 13.5 Å². The maximum Gasteiger partial charge on any atom is 0.256 e. The first-order chi connectivity index (χ1) is 10.1. The van der Waals surface area contributed by atoms with Crippen LogP contribution in [0.5, 0.6) is 0 Å². The highest BCUT2D eigenvalue weighted by molar-refractivity contribution is 9.10. The first-order valence-electron chi connectivity index (χ1n) is 6.27. The molecule has 0 bridgehead atoms. The number of aryl methyl sites for hydroxylation is 1. The van der Waals surface area contributed by atoms with Crippen LogP contribution >= 0.6 is 15.9 Å². The van der Waals surface area contributed by atoms with E-state index < -0.39 is 5.82 Å². The molecule has 2 aromatic heterocycles. The van der Waals surface area contributed by atoms with Crippen LogP contribution in [-0.4, -0.2) is 19.7 Å². The molecule has 2 N–H and O–H groups in total. The monoisotopic (exact) mass is 351 g/mol. The van der Waals surface area contributed by atoms with Gasteiger partial charge in [-0.25, -0.2) is 9.07 Å². The fraction of sp³-hybridized carbons (Fsp3) is 0.154. The Hall–Kier alpha value is -2.22. The maximum absolute atomic E-state index is 13.8. The molecule has 3 rings (SSSR count). The summed E-state index contributed by atoms with van der Waals surface area (Å²) >= 11 is 3.21. The van der Waals surface area contributed by atoms with E-state index in [1.54, 1.807) is 22.9 Å². The molecule has 0 amide bonds. The van der Waals surface area contributed by atoms with E-state index in [4.69, 9.17) is 0 Å². The first-order valence-corrected chi connectivity index (χ1v) is 7.06. The number of rotatable bonds is 3. The molecule has 0 aliphatic rings. The minimum absolute atomic E-state index is 0.255. The number of halogens is 2. The van der Waals surface area contributed by atoms with Gasteiger partial charge in [0, 0.05) is 23.8 Å². The van der Waals surface area contributed by atoms with Crippen LogP contribution in [0.2, 0.25) is 0 Å². The summed E-state index contributed by atoms with van der Waals surface area (Å²) in [5, 5.41) is 7.77. The van der Waals surface area contributed by atoms with Crippen molar-refractivity contribution in [3.8, 4) is 0 Å². The van der Waals surface area contributed by atoms with Gasteiger partial charge in [0.15, 0.2) is 0 Å². The molecule has 0 saturated heterocycles. The average Bonchev–Trinajstić information content (AvgIpc) is 2.83. The first kappa shape index (κ1) is 13.7. The van der Waals surface area contributed by atoms with Gasteiger partial charge in [-0.2, -0.15) is 4.98 Å². The summed E-state index contributed by atoms with van der Waals surface area (Å²) in [6.45, 7) is 2.58. The zero-order valence-electron chi connectivity index (χ0n) is 11.0. The van der Waals surface area contributed by atoms with E-state index in [9.17, 15) is 9.18 Å². The van der Waals surface area contributed by atoms with Crippen LogP contribution in [0.3, 0.4) is 0 Å². The fourth-order valence-electron chi connectivity index (χ4n) is 2.06. The van der Waals surface area contributed by atoms with E-state index in [-0.39, 0.29) is 10.9 Å². The fourth-order valence-corrected chi connectivity index (χ4v) is 2.42. The van der Waals surface area contributed by atoms with Crippen molar-refractivity contribution in [3.63, 3.8) is 0 Å². The lowest BCUT2D eigenvalue weighted by atomic mass is 10.1. The van der Waals surface area contributed by atoms with Crippen LogP contribution in [0.1, 0.15) is 6.92 Å². The van der Waals surface area contributed by atoms with Gasteiger partial charge < -0.3 is 10.3 Å². The molecule has 3 aromatic rings. The highest BCUT2D eigenvalue weighted by Crippen LogP contribution is 2.22. The molecule has 6 nitrogen and oxygen atoms in total. The SMILES string of the molecule is CCn1nc(Br)nc1Nc1ccc2c(=O)[nH]cc(F)c2c1.